The second-order valence-electron chi connectivity index (χ2n) is 10.2. The van der Waals surface area contributed by atoms with Gasteiger partial charge in [0.25, 0.3) is 0 Å². The normalized spacial score (nSPS) is 12.1. The van der Waals surface area contributed by atoms with Crippen LogP contribution in [-0.2, 0) is 0 Å². The standard InChI is InChI=1S/C36H21N3/c1-2-11-22(12-3-1)35-37-29-19-9-8-17-28(29)36(38-35)39-30-20-10-18-27-25-15-6-7-16-26(25)32-24-14-5-4-13-23(24)21-31(39)34(32)33(27)30/h1-21H. The Morgan fingerprint density at radius 2 is 1.10 bits per heavy atom. The van der Waals surface area contributed by atoms with Crippen LogP contribution in [0.2, 0.25) is 0 Å². The van der Waals surface area contributed by atoms with E-state index in [0.29, 0.717) is 0 Å². The predicted molar refractivity (Wildman–Crippen MR) is 163 cm³/mol. The van der Waals surface area contributed by atoms with E-state index in [9.17, 15) is 0 Å². The highest BCUT2D eigenvalue weighted by molar-refractivity contribution is 6.39. The topological polar surface area (TPSA) is 30.7 Å². The second kappa shape index (κ2) is 7.62. The predicted octanol–water partition coefficient (Wildman–Crippen LogP) is 9.29. The van der Waals surface area contributed by atoms with Crippen molar-refractivity contribution in [3.8, 4) is 17.2 Å². The molecule has 0 saturated heterocycles. The summed E-state index contributed by atoms with van der Waals surface area (Å²) in [6, 6.07) is 45.2. The maximum atomic E-state index is 5.27. The lowest BCUT2D eigenvalue weighted by atomic mass is 9.91. The first-order valence-corrected chi connectivity index (χ1v) is 13.3. The summed E-state index contributed by atoms with van der Waals surface area (Å²) >= 11 is 0. The fourth-order valence-corrected chi connectivity index (χ4v) is 6.50. The van der Waals surface area contributed by atoms with Gasteiger partial charge in [0.15, 0.2) is 5.82 Å². The molecule has 0 atom stereocenters. The van der Waals surface area contributed by atoms with Crippen LogP contribution in [0.25, 0.3) is 82.2 Å². The van der Waals surface area contributed by atoms with Gasteiger partial charge in [0.05, 0.1) is 16.6 Å². The van der Waals surface area contributed by atoms with E-state index in [2.05, 4.69) is 108 Å². The van der Waals surface area contributed by atoms with Gasteiger partial charge in [-0.15, -0.1) is 0 Å². The van der Waals surface area contributed by atoms with Crippen molar-refractivity contribution in [3.63, 3.8) is 0 Å². The number of aromatic nitrogens is 3. The summed E-state index contributed by atoms with van der Waals surface area (Å²) in [5.74, 6) is 1.64. The molecule has 0 amide bonds. The average molecular weight is 496 g/mol. The zero-order valence-corrected chi connectivity index (χ0v) is 21.0. The lowest BCUT2D eigenvalue weighted by molar-refractivity contribution is 1.08. The quantitative estimate of drug-likeness (QED) is 0.224. The van der Waals surface area contributed by atoms with Crippen LogP contribution in [0.3, 0.4) is 0 Å². The van der Waals surface area contributed by atoms with Crippen LogP contribution in [0.5, 0.6) is 0 Å². The van der Waals surface area contributed by atoms with Crippen LogP contribution < -0.4 is 0 Å². The molecule has 7 aromatic carbocycles. The summed E-state index contributed by atoms with van der Waals surface area (Å²) < 4.78 is 2.37. The van der Waals surface area contributed by atoms with Crippen LogP contribution in [0.1, 0.15) is 0 Å². The summed E-state index contributed by atoms with van der Waals surface area (Å²) in [7, 11) is 0. The third kappa shape index (κ3) is 2.76. The molecule has 3 heteroatoms. The molecule has 0 aliphatic heterocycles. The van der Waals surface area contributed by atoms with Gasteiger partial charge >= 0.3 is 0 Å². The van der Waals surface area contributed by atoms with E-state index in [0.717, 1.165) is 33.6 Å². The highest BCUT2D eigenvalue weighted by atomic mass is 15.1. The van der Waals surface area contributed by atoms with Gasteiger partial charge in [-0.3, -0.25) is 4.57 Å². The van der Waals surface area contributed by atoms with Gasteiger partial charge in [-0.2, -0.15) is 0 Å². The third-order valence-electron chi connectivity index (χ3n) is 8.12. The van der Waals surface area contributed by atoms with Crippen LogP contribution in [0, 0.1) is 0 Å². The zero-order valence-electron chi connectivity index (χ0n) is 21.0. The SMILES string of the molecule is c1ccc(-c2nc(-n3c4cccc5c6ccccc6c6c7ccccc7cc3c6c54)c3ccccc3n2)cc1. The molecular weight excluding hydrogens is 474 g/mol. The van der Waals surface area contributed by atoms with Crippen LogP contribution >= 0.6 is 0 Å². The molecule has 0 unspecified atom stereocenters. The first kappa shape index (κ1) is 20.7. The Morgan fingerprint density at radius 1 is 0.436 bits per heavy atom. The first-order chi connectivity index (χ1) is 19.4. The molecule has 0 aliphatic carbocycles. The molecule has 0 bridgehead atoms. The van der Waals surface area contributed by atoms with Crippen molar-refractivity contribution in [1.29, 1.82) is 0 Å². The number of hydrogen-bond donors (Lipinski definition) is 0. The molecule has 2 aromatic heterocycles. The summed E-state index contributed by atoms with van der Waals surface area (Å²) in [4.78, 5) is 10.3. The molecule has 3 nitrogen and oxygen atoms in total. The largest absolute Gasteiger partial charge is 0.293 e. The molecule has 0 saturated carbocycles. The molecule has 9 aromatic rings. The molecule has 0 N–H and O–H groups in total. The van der Waals surface area contributed by atoms with E-state index in [-0.39, 0.29) is 0 Å². The van der Waals surface area contributed by atoms with E-state index >= 15 is 0 Å². The number of rotatable bonds is 2. The summed E-state index contributed by atoms with van der Waals surface area (Å²) in [6.07, 6.45) is 0. The average Bonchev–Trinajstić information content (AvgIpc) is 3.34. The van der Waals surface area contributed by atoms with E-state index in [4.69, 9.17) is 9.97 Å². The van der Waals surface area contributed by atoms with Gasteiger partial charge in [-0.05, 0) is 51.2 Å². The molecule has 39 heavy (non-hydrogen) atoms. The van der Waals surface area contributed by atoms with E-state index in [1.54, 1.807) is 0 Å². The monoisotopic (exact) mass is 495 g/mol. The number of fused-ring (bicyclic) bond motifs is 6. The Labute approximate surface area is 223 Å². The number of hydrogen-bond acceptors (Lipinski definition) is 2. The minimum atomic E-state index is 0.731. The van der Waals surface area contributed by atoms with E-state index in [1.165, 1.54) is 48.6 Å². The van der Waals surface area contributed by atoms with Crippen LogP contribution in [0.4, 0.5) is 0 Å². The van der Waals surface area contributed by atoms with Crippen LogP contribution in [0.15, 0.2) is 127 Å². The van der Waals surface area contributed by atoms with Gasteiger partial charge in [0.1, 0.15) is 5.82 Å². The number of para-hydroxylation sites is 1. The number of nitrogens with zero attached hydrogens (tertiary/aromatic N) is 3. The third-order valence-corrected chi connectivity index (χ3v) is 8.12. The zero-order chi connectivity index (χ0) is 25.5. The number of benzene rings is 7. The highest BCUT2D eigenvalue weighted by Gasteiger charge is 2.23. The van der Waals surface area contributed by atoms with Crippen molar-refractivity contribution in [3.05, 3.63) is 127 Å². The fourth-order valence-electron chi connectivity index (χ4n) is 6.50. The van der Waals surface area contributed by atoms with Crippen molar-refractivity contribution in [2.45, 2.75) is 0 Å². The maximum Gasteiger partial charge on any atom is 0.162 e. The van der Waals surface area contributed by atoms with Crippen molar-refractivity contribution in [2.75, 3.05) is 0 Å². The van der Waals surface area contributed by atoms with Crippen molar-refractivity contribution >= 4 is 65.0 Å². The van der Waals surface area contributed by atoms with Gasteiger partial charge < -0.3 is 0 Å². The molecular formula is C36H21N3. The maximum absolute atomic E-state index is 5.27. The Morgan fingerprint density at radius 3 is 1.97 bits per heavy atom. The lowest BCUT2D eigenvalue weighted by Crippen LogP contribution is -2.02. The fraction of sp³-hybridized carbons (Fsp3) is 0. The Balaban J connectivity index is 1.56. The van der Waals surface area contributed by atoms with Gasteiger partial charge in [0.2, 0.25) is 0 Å². The lowest BCUT2D eigenvalue weighted by Gasteiger charge is -2.13. The van der Waals surface area contributed by atoms with Gasteiger partial charge in [-0.25, -0.2) is 9.97 Å². The highest BCUT2D eigenvalue weighted by Crippen LogP contribution is 2.46. The van der Waals surface area contributed by atoms with Crippen molar-refractivity contribution < 1.29 is 0 Å². The van der Waals surface area contributed by atoms with Crippen molar-refractivity contribution in [2.24, 2.45) is 0 Å². The minimum absolute atomic E-state index is 0.731. The second-order valence-corrected chi connectivity index (χ2v) is 10.2. The Kier molecular flexibility index (Phi) is 4.05. The smallest absolute Gasteiger partial charge is 0.162 e. The molecule has 0 radical (unpaired) electrons. The molecule has 0 spiro atoms. The van der Waals surface area contributed by atoms with E-state index in [1.807, 2.05) is 24.3 Å². The van der Waals surface area contributed by atoms with Gasteiger partial charge in [0, 0.05) is 27.1 Å². The molecule has 9 rings (SSSR count). The van der Waals surface area contributed by atoms with Crippen LogP contribution in [-0.4, -0.2) is 14.5 Å². The molecule has 180 valence electrons. The Hall–Kier alpha value is -5.28. The van der Waals surface area contributed by atoms with E-state index < -0.39 is 0 Å². The van der Waals surface area contributed by atoms with Crippen molar-refractivity contribution in [1.82, 2.24) is 14.5 Å². The van der Waals surface area contributed by atoms with Gasteiger partial charge in [-0.1, -0.05) is 103 Å². The molecule has 0 fully saturated rings. The molecule has 2 heterocycles. The Bertz CT molecular complexity index is 2380. The summed E-state index contributed by atoms with van der Waals surface area (Å²) in [5, 5.41) is 11.3. The summed E-state index contributed by atoms with van der Waals surface area (Å²) in [5.41, 5.74) is 4.28. The molecule has 0 aliphatic rings. The minimum Gasteiger partial charge on any atom is -0.293 e. The first-order valence-electron chi connectivity index (χ1n) is 13.3. The summed E-state index contributed by atoms with van der Waals surface area (Å²) in [6.45, 7) is 0.